The number of nitrogens with two attached hydrogens (primary N) is 1. The molecule has 5 heteroatoms. The summed E-state index contributed by atoms with van der Waals surface area (Å²) in [5, 5.41) is 5.71. The standard InChI is InChI=1S/C20H14N2O3/c21-19(23)13-5-3-6-14(10-13)22-20(24)18-11-16-15-7-2-1-4-12(15)8-9-17(16)25-18/h1-11H,(H2,21,23)(H,22,24). The van der Waals surface area contributed by atoms with Crippen molar-refractivity contribution in [3.63, 3.8) is 0 Å². The number of amides is 2. The quantitative estimate of drug-likeness (QED) is 0.596. The second-order valence-corrected chi connectivity index (χ2v) is 5.71. The molecule has 0 atom stereocenters. The average Bonchev–Trinajstić information content (AvgIpc) is 3.07. The van der Waals surface area contributed by atoms with Gasteiger partial charge in [0.15, 0.2) is 5.76 Å². The Bertz CT molecular complexity index is 1130. The normalized spacial score (nSPS) is 10.9. The zero-order valence-electron chi connectivity index (χ0n) is 13.2. The van der Waals surface area contributed by atoms with Crippen molar-refractivity contribution >= 4 is 39.2 Å². The molecule has 3 aromatic carbocycles. The van der Waals surface area contributed by atoms with E-state index in [2.05, 4.69) is 5.32 Å². The summed E-state index contributed by atoms with van der Waals surface area (Å²) in [7, 11) is 0. The van der Waals surface area contributed by atoms with Crippen molar-refractivity contribution in [3.8, 4) is 0 Å². The molecular formula is C20H14N2O3. The fourth-order valence-corrected chi connectivity index (χ4v) is 2.85. The van der Waals surface area contributed by atoms with Gasteiger partial charge in [0, 0.05) is 16.6 Å². The Balaban J connectivity index is 1.69. The van der Waals surface area contributed by atoms with Crippen LogP contribution >= 0.6 is 0 Å². The summed E-state index contributed by atoms with van der Waals surface area (Å²) >= 11 is 0. The van der Waals surface area contributed by atoms with E-state index in [4.69, 9.17) is 10.2 Å². The lowest BCUT2D eigenvalue weighted by molar-refractivity contribution is 0.0989. The number of carbonyl (C=O) groups excluding carboxylic acids is 2. The summed E-state index contributed by atoms with van der Waals surface area (Å²) in [6, 6.07) is 19.9. The second kappa shape index (κ2) is 5.79. The van der Waals surface area contributed by atoms with Crippen LogP contribution in [0.1, 0.15) is 20.9 Å². The van der Waals surface area contributed by atoms with Gasteiger partial charge in [0.05, 0.1) is 0 Å². The molecule has 3 N–H and O–H groups in total. The summed E-state index contributed by atoms with van der Waals surface area (Å²) in [5.41, 5.74) is 6.71. The fourth-order valence-electron chi connectivity index (χ4n) is 2.85. The number of hydrogen-bond acceptors (Lipinski definition) is 3. The molecule has 122 valence electrons. The fraction of sp³-hybridized carbons (Fsp3) is 0. The monoisotopic (exact) mass is 330 g/mol. The van der Waals surface area contributed by atoms with Gasteiger partial charge >= 0.3 is 0 Å². The maximum Gasteiger partial charge on any atom is 0.291 e. The number of carbonyl (C=O) groups is 2. The van der Waals surface area contributed by atoms with Crippen molar-refractivity contribution in [2.45, 2.75) is 0 Å². The third-order valence-electron chi connectivity index (χ3n) is 4.05. The van der Waals surface area contributed by atoms with E-state index in [9.17, 15) is 9.59 Å². The van der Waals surface area contributed by atoms with Crippen molar-refractivity contribution in [1.29, 1.82) is 0 Å². The summed E-state index contributed by atoms with van der Waals surface area (Å²) < 4.78 is 5.68. The lowest BCUT2D eigenvalue weighted by Crippen LogP contribution is -2.13. The van der Waals surface area contributed by atoms with Crippen LogP contribution in [0.25, 0.3) is 21.7 Å². The lowest BCUT2D eigenvalue weighted by Gasteiger charge is -2.04. The molecule has 4 rings (SSSR count). The summed E-state index contributed by atoms with van der Waals surface area (Å²) in [4.78, 5) is 23.7. The van der Waals surface area contributed by atoms with Crippen LogP contribution in [0.4, 0.5) is 5.69 Å². The Labute approximate surface area is 143 Å². The Morgan fingerprint density at radius 3 is 2.56 bits per heavy atom. The van der Waals surface area contributed by atoms with Crippen LogP contribution in [0, 0.1) is 0 Å². The minimum atomic E-state index is -0.550. The van der Waals surface area contributed by atoms with Crippen LogP contribution in [0.2, 0.25) is 0 Å². The third-order valence-corrected chi connectivity index (χ3v) is 4.05. The molecule has 0 saturated heterocycles. The number of primary amides is 1. The van der Waals surface area contributed by atoms with E-state index in [-0.39, 0.29) is 11.7 Å². The summed E-state index contributed by atoms with van der Waals surface area (Å²) in [6.45, 7) is 0. The third kappa shape index (κ3) is 2.72. The Morgan fingerprint density at radius 2 is 1.72 bits per heavy atom. The molecule has 0 bridgehead atoms. The highest BCUT2D eigenvalue weighted by molar-refractivity contribution is 6.11. The number of anilines is 1. The van der Waals surface area contributed by atoms with Crippen LogP contribution < -0.4 is 11.1 Å². The van der Waals surface area contributed by atoms with E-state index in [0.717, 1.165) is 16.2 Å². The minimum absolute atomic E-state index is 0.204. The van der Waals surface area contributed by atoms with E-state index in [1.807, 2.05) is 36.4 Å². The molecule has 0 aliphatic rings. The van der Waals surface area contributed by atoms with Crippen molar-refractivity contribution in [2.75, 3.05) is 5.32 Å². The van der Waals surface area contributed by atoms with Crippen LogP contribution in [-0.4, -0.2) is 11.8 Å². The molecule has 1 aromatic heterocycles. The first-order chi connectivity index (χ1) is 12.1. The molecule has 25 heavy (non-hydrogen) atoms. The molecule has 5 nitrogen and oxygen atoms in total. The van der Waals surface area contributed by atoms with Gasteiger partial charge in [-0.15, -0.1) is 0 Å². The smallest absolute Gasteiger partial charge is 0.291 e. The van der Waals surface area contributed by atoms with Crippen LogP contribution in [0.5, 0.6) is 0 Å². The minimum Gasteiger partial charge on any atom is -0.451 e. The molecule has 0 aliphatic carbocycles. The molecule has 0 aliphatic heterocycles. The molecule has 0 unspecified atom stereocenters. The van der Waals surface area contributed by atoms with Crippen molar-refractivity contribution in [1.82, 2.24) is 0 Å². The van der Waals surface area contributed by atoms with Gasteiger partial charge in [-0.05, 0) is 41.1 Å². The first-order valence-electron chi connectivity index (χ1n) is 7.74. The maximum absolute atomic E-state index is 12.5. The predicted molar refractivity (Wildman–Crippen MR) is 96.6 cm³/mol. The number of rotatable bonds is 3. The first kappa shape index (κ1) is 15.0. The maximum atomic E-state index is 12.5. The number of furan rings is 1. The second-order valence-electron chi connectivity index (χ2n) is 5.71. The van der Waals surface area contributed by atoms with Crippen LogP contribution in [0.15, 0.2) is 71.1 Å². The van der Waals surface area contributed by atoms with Gasteiger partial charge in [-0.3, -0.25) is 9.59 Å². The van der Waals surface area contributed by atoms with Crippen molar-refractivity contribution < 1.29 is 14.0 Å². The molecule has 4 aromatic rings. The first-order valence-corrected chi connectivity index (χ1v) is 7.74. The molecular weight excluding hydrogens is 316 g/mol. The Kier molecular flexibility index (Phi) is 3.47. The van der Waals surface area contributed by atoms with Gasteiger partial charge in [-0.25, -0.2) is 0 Å². The van der Waals surface area contributed by atoms with E-state index in [0.29, 0.717) is 16.8 Å². The van der Waals surface area contributed by atoms with Crippen LogP contribution in [-0.2, 0) is 0 Å². The Hall–Kier alpha value is -3.60. The van der Waals surface area contributed by atoms with Gasteiger partial charge in [-0.1, -0.05) is 36.4 Å². The number of nitrogens with one attached hydrogen (secondary N) is 1. The van der Waals surface area contributed by atoms with E-state index in [1.165, 1.54) is 6.07 Å². The SMILES string of the molecule is NC(=O)c1cccc(NC(=O)c2cc3c(ccc4ccccc43)o2)c1. The van der Waals surface area contributed by atoms with Gasteiger partial charge in [0.2, 0.25) is 5.91 Å². The van der Waals surface area contributed by atoms with Gasteiger partial charge in [0.1, 0.15) is 5.58 Å². The summed E-state index contributed by atoms with van der Waals surface area (Å²) in [5.74, 6) is -0.732. The molecule has 0 spiro atoms. The largest absolute Gasteiger partial charge is 0.451 e. The highest BCUT2D eigenvalue weighted by Gasteiger charge is 2.14. The molecule has 1 heterocycles. The van der Waals surface area contributed by atoms with Gasteiger partial charge in [0.25, 0.3) is 5.91 Å². The van der Waals surface area contributed by atoms with Crippen molar-refractivity contribution in [3.05, 3.63) is 78.1 Å². The number of fused-ring (bicyclic) bond motifs is 3. The number of benzene rings is 3. The predicted octanol–water partition coefficient (Wildman–Crippen LogP) is 3.94. The van der Waals surface area contributed by atoms with E-state index in [1.54, 1.807) is 24.3 Å². The molecule has 0 fully saturated rings. The van der Waals surface area contributed by atoms with Gasteiger partial charge < -0.3 is 15.5 Å². The lowest BCUT2D eigenvalue weighted by atomic mass is 10.1. The van der Waals surface area contributed by atoms with Crippen LogP contribution in [0.3, 0.4) is 0 Å². The molecule has 2 amide bonds. The highest BCUT2D eigenvalue weighted by Crippen LogP contribution is 2.28. The molecule has 0 saturated carbocycles. The zero-order valence-corrected chi connectivity index (χ0v) is 13.2. The molecule has 0 radical (unpaired) electrons. The number of hydrogen-bond donors (Lipinski definition) is 2. The zero-order chi connectivity index (χ0) is 17.4. The highest BCUT2D eigenvalue weighted by atomic mass is 16.3. The summed E-state index contributed by atoms with van der Waals surface area (Å²) in [6.07, 6.45) is 0. The van der Waals surface area contributed by atoms with Gasteiger partial charge in [-0.2, -0.15) is 0 Å². The Morgan fingerprint density at radius 1 is 0.880 bits per heavy atom. The topological polar surface area (TPSA) is 85.3 Å². The average molecular weight is 330 g/mol. The van der Waals surface area contributed by atoms with Crippen molar-refractivity contribution in [2.24, 2.45) is 5.73 Å². The van der Waals surface area contributed by atoms with E-state index >= 15 is 0 Å². The van der Waals surface area contributed by atoms with E-state index < -0.39 is 5.91 Å².